The van der Waals surface area contributed by atoms with Gasteiger partial charge < -0.3 is 24.8 Å². The van der Waals surface area contributed by atoms with Crippen LogP contribution in [0.15, 0.2) is 41.3 Å². The summed E-state index contributed by atoms with van der Waals surface area (Å²) >= 11 is 12.0. The molecular weight excluding hydrogens is 531 g/mol. The molecule has 12 heteroatoms. The Morgan fingerprint density at radius 3 is 2.50 bits per heavy atom. The van der Waals surface area contributed by atoms with Crippen molar-refractivity contribution in [1.82, 2.24) is 10.2 Å². The molecule has 1 amide bonds. The van der Waals surface area contributed by atoms with Gasteiger partial charge in [-0.3, -0.25) is 9.59 Å². The van der Waals surface area contributed by atoms with Gasteiger partial charge in [-0.2, -0.15) is 0 Å². The van der Waals surface area contributed by atoms with Crippen molar-refractivity contribution in [2.45, 2.75) is 30.8 Å². The lowest BCUT2D eigenvalue weighted by molar-refractivity contribution is -0.132. The Morgan fingerprint density at radius 1 is 1.14 bits per heavy atom. The number of ether oxygens (including phenoxy) is 2. The minimum absolute atomic E-state index is 0.0444. The van der Waals surface area contributed by atoms with Crippen molar-refractivity contribution in [3.63, 3.8) is 0 Å². The number of amides is 1. The summed E-state index contributed by atoms with van der Waals surface area (Å²) in [5.41, 5.74) is -0.0713. The average molecular weight is 559 g/mol. The molecule has 1 heterocycles. The SMILES string of the molecule is CC(=O)Oc1c(C(=O)NCCN2CCC(Oc3ccc(Cl)c(Cl)c3)CC2)cccc1S(=O)(=O)CCO. The first-order valence-corrected chi connectivity index (χ1v) is 13.8. The van der Waals surface area contributed by atoms with Gasteiger partial charge in [-0.25, -0.2) is 8.42 Å². The van der Waals surface area contributed by atoms with E-state index in [2.05, 4.69) is 10.2 Å². The van der Waals surface area contributed by atoms with E-state index in [9.17, 15) is 18.0 Å². The molecule has 0 atom stereocenters. The monoisotopic (exact) mass is 558 g/mol. The lowest BCUT2D eigenvalue weighted by Crippen LogP contribution is -2.42. The van der Waals surface area contributed by atoms with E-state index in [1.807, 2.05) is 0 Å². The summed E-state index contributed by atoms with van der Waals surface area (Å²) in [5.74, 6) is -1.55. The Labute approximate surface area is 220 Å². The molecular formula is C24H28Cl2N2O7S. The first kappa shape index (κ1) is 28.2. The van der Waals surface area contributed by atoms with E-state index in [0.717, 1.165) is 32.9 Å². The van der Waals surface area contributed by atoms with Gasteiger partial charge in [0.1, 0.15) is 16.7 Å². The van der Waals surface area contributed by atoms with Gasteiger partial charge in [-0.05, 0) is 37.1 Å². The van der Waals surface area contributed by atoms with Crippen molar-refractivity contribution in [3.8, 4) is 11.5 Å². The van der Waals surface area contributed by atoms with Crippen molar-refractivity contribution in [2.24, 2.45) is 0 Å². The van der Waals surface area contributed by atoms with E-state index < -0.39 is 34.1 Å². The molecule has 36 heavy (non-hydrogen) atoms. The fourth-order valence-corrected chi connectivity index (χ4v) is 5.30. The summed E-state index contributed by atoms with van der Waals surface area (Å²) in [6, 6.07) is 9.19. The summed E-state index contributed by atoms with van der Waals surface area (Å²) in [7, 11) is -3.95. The minimum Gasteiger partial charge on any atom is -0.490 e. The number of para-hydroxylation sites is 1. The number of rotatable bonds is 10. The van der Waals surface area contributed by atoms with Crippen molar-refractivity contribution in [2.75, 3.05) is 38.5 Å². The second-order valence-electron chi connectivity index (χ2n) is 8.26. The van der Waals surface area contributed by atoms with Crippen molar-refractivity contribution in [3.05, 3.63) is 52.0 Å². The fourth-order valence-electron chi connectivity index (χ4n) is 3.83. The summed E-state index contributed by atoms with van der Waals surface area (Å²) in [6.45, 7) is 2.95. The lowest BCUT2D eigenvalue weighted by Gasteiger charge is -2.32. The van der Waals surface area contributed by atoms with Crippen LogP contribution >= 0.6 is 23.2 Å². The molecule has 9 nitrogen and oxygen atoms in total. The smallest absolute Gasteiger partial charge is 0.308 e. The largest absolute Gasteiger partial charge is 0.490 e. The number of carbonyl (C=O) groups is 2. The third-order valence-electron chi connectivity index (χ3n) is 5.61. The second-order valence-corrected chi connectivity index (χ2v) is 11.2. The highest BCUT2D eigenvalue weighted by Gasteiger charge is 2.26. The van der Waals surface area contributed by atoms with E-state index in [4.69, 9.17) is 37.8 Å². The van der Waals surface area contributed by atoms with Crippen LogP contribution in [0.25, 0.3) is 0 Å². The quantitative estimate of drug-likeness (QED) is 0.337. The van der Waals surface area contributed by atoms with Gasteiger partial charge in [0.2, 0.25) is 0 Å². The fraction of sp³-hybridized carbons (Fsp3) is 0.417. The van der Waals surface area contributed by atoms with Crippen LogP contribution in [0.4, 0.5) is 0 Å². The molecule has 2 aromatic rings. The zero-order chi connectivity index (χ0) is 26.3. The molecule has 3 rings (SSSR count). The first-order chi connectivity index (χ1) is 17.1. The number of hydrogen-bond acceptors (Lipinski definition) is 8. The summed E-state index contributed by atoms with van der Waals surface area (Å²) < 4.78 is 36.1. The number of aliphatic hydroxyl groups excluding tert-OH is 1. The number of sulfone groups is 1. The van der Waals surface area contributed by atoms with Gasteiger partial charge in [0.05, 0.1) is 28.0 Å². The zero-order valence-electron chi connectivity index (χ0n) is 19.7. The van der Waals surface area contributed by atoms with Crippen LogP contribution in [-0.2, 0) is 14.6 Å². The number of hydrogen-bond donors (Lipinski definition) is 2. The van der Waals surface area contributed by atoms with Gasteiger partial charge in [-0.15, -0.1) is 0 Å². The Hall–Kier alpha value is -2.37. The Balaban J connectivity index is 1.55. The highest BCUT2D eigenvalue weighted by Crippen LogP contribution is 2.30. The standard InChI is InChI=1S/C24H28Cl2N2O7S/c1-16(30)34-23-19(3-2-4-22(23)36(32,33)14-13-29)24(31)27-9-12-28-10-7-17(8-11-28)35-18-5-6-20(25)21(26)15-18/h2-6,15,17,29H,7-14H2,1H3,(H,27,31). The van der Waals surface area contributed by atoms with Crippen LogP contribution in [0.2, 0.25) is 10.0 Å². The molecule has 0 saturated carbocycles. The van der Waals surface area contributed by atoms with E-state index >= 15 is 0 Å². The van der Waals surface area contributed by atoms with Crippen LogP contribution in [0, 0.1) is 0 Å². The predicted molar refractivity (Wildman–Crippen MR) is 136 cm³/mol. The lowest BCUT2D eigenvalue weighted by atomic mass is 10.1. The van der Waals surface area contributed by atoms with Crippen LogP contribution in [-0.4, -0.2) is 74.9 Å². The number of esters is 1. The molecule has 196 valence electrons. The molecule has 0 spiro atoms. The van der Waals surface area contributed by atoms with Gasteiger partial charge in [0.25, 0.3) is 5.91 Å². The molecule has 1 saturated heterocycles. The van der Waals surface area contributed by atoms with Crippen LogP contribution in [0.3, 0.4) is 0 Å². The average Bonchev–Trinajstić information content (AvgIpc) is 2.82. The molecule has 1 aliphatic heterocycles. The second kappa shape index (κ2) is 12.7. The Bertz CT molecular complexity index is 1200. The van der Waals surface area contributed by atoms with Crippen molar-refractivity contribution < 1.29 is 32.6 Å². The van der Waals surface area contributed by atoms with Crippen molar-refractivity contribution >= 4 is 44.9 Å². The first-order valence-electron chi connectivity index (χ1n) is 11.4. The van der Waals surface area contributed by atoms with Gasteiger partial charge in [-0.1, -0.05) is 29.3 Å². The van der Waals surface area contributed by atoms with E-state index in [-0.39, 0.29) is 22.3 Å². The third-order valence-corrected chi connectivity index (χ3v) is 8.06. The maximum absolute atomic E-state index is 12.8. The van der Waals surface area contributed by atoms with E-state index in [1.54, 1.807) is 18.2 Å². The maximum Gasteiger partial charge on any atom is 0.308 e. The van der Waals surface area contributed by atoms with E-state index in [0.29, 0.717) is 28.9 Å². The molecule has 0 radical (unpaired) electrons. The number of benzene rings is 2. The van der Waals surface area contributed by atoms with Gasteiger partial charge >= 0.3 is 5.97 Å². The third kappa shape index (κ3) is 7.57. The molecule has 0 aliphatic carbocycles. The van der Waals surface area contributed by atoms with E-state index in [1.165, 1.54) is 18.2 Å². The number of aliphatic hydroxyl groups is 1. The van der Waals surface area contributed by atoms with Crippen LogP contribution in [0.1, 0.15) is 30.1 Å². The Kier molecular flexibility index (Phi) is 9.98. The Morgan fingerprint density at radius 2 is 1.86 bits per heavy atom. The number of nitrogens with one attached hydrogen (secondary N) is 1. The normalized spacial score (nSPS) is 14.9. The van der Waals surface area contributed by atoms with Crippen molar-refractivity contribution in [1.29, 1.82) is 0 Å². The summed E-state index contributed by atoms with van der Waals surface area (Å²) in [4.78, 5) is 26.3. The molecule has 0 bridgehead atoms. The summed E-state index contributed by atoms with van der Waals surface area (Å²) in [6.07, 6.45) is 1.65. The molecule has 0 aromatic heterocycles. The molecule has 1 fully saturated rings. The number of carbonyl (C=O) groups excluding carboxylic acids is 2. The number of halogens is 2. The predicted octanol–water partition coefficient (Wildman–Crippen LogP) is 2.96. The van der Waals surface area contributed by atoms with Crippen LogP contribution < -0.4 is 14.8 Å². The van der Waals surface area contributed by atoms with Crippen LogP contribution in [0.5, 0.6) is 11.5 Å². The molecule has 1 aliphatic rings. The minimum atomic E-state index is -3.95. The zero-order valence-corrected chi connectivity index (χ0v) is 22.0. The van der Waals surface area contributed by atoms with Gasteiger partial charge in [0.15, 0.2) is 15.6 Å². The topological polar surface area (TPSA) is 122 Å². The number of likely N-dealkylation sites (tertiary alicyclic amines) is 1. The summed E-state index contributed by atoms with van der Waals surface area (Å²) in [5, 5.41) is 12.7. The maximum atomic E-state index is 12.8. The van der Waals surface area contributed by atoms with Gasteiger partial charge in [0, 0.05) is 39.2 Å². The molecule has 2 N–H and O–H groups in total. The highest BCUT2D eigenvalue weighted by atomic mass is 35.5. The molecule has 0 unspecified atom stereocenters. The molecule has 2 aromatic carbocycles. The highest BCUT2D eigenvalue weighted by molar-refractivity contribution is 7.91. The number of nitrogens with zero attached hydrogens (tertiary/aromatic N) is 1. The number of piperidine rings is 1.